The molecule has 4 nitrogen and oxygen atoms in total. The van der Waals surface area contributed by atoms with Gasteiger partial charge in [-0.05, 0) is 50.8 Å². The second kappa shape index (κ2) is 8.91. The fraction of sp³-hybridized carbons (Fsp3) is 0.579. The van der Waals surface area contributed by atoms with Crippen molar-refractivity contribution in [3.8, 4) is 0 Å². The minimum atomic E-state index is -0.532. The third-order valence-corrected chi connectivity index (χ3v) is 5.53. The van der Waals surface area contributed by atoms with E-state index in [9.17, 15) is 9.59 Å². The molecular formula is C19H26Cl2N2O2. The Labute approximate surface area is 159 Å². The van der Waals surface area contributed by atoms with Crippen LogP contribution in [0, 0.1) is 5.41 Å². The van der Waals surface area contributed by atoms with E-state index in [2.05, 4.69) is 5.32 Å². The smallest absolute Gasteiger partial charge is 0.229 e. The topological polar surface area (TPSA) is 49.4 Å². The van der Waals surface area contributed by atoms with Crippen molar-refractivity contribution < 1.29 is 9.59 Å². The molecule has 0 radical (unpaired) electrons. The minimum Gasteiger partial charge on any atom is -0.353 e. The summed E-state index contributed by atoms with van der Waals surface area (Å²) in [4.78, 5) is 26.4. The van der Waals surface area contributed by atoms with E-state index < -0.39 is 5.41 Å². The van der Waals surface area contributed by atoms with Crippen molar-refractivity contribution in [2.24, 2.45) is 5.41 Å². The Morgan fingerprint density at radius 1 is 1.20 bits per heavy atom. The molecule has 138 valence electrons. The number of halogens is 2. The summed E-state index contributed by atoms with van der Waals surface area (Å²) >= 11 is 11.7. The largest absolute Gasteiger partial charge is 0.353 e. The number of rotatable bonds is 6. The fourth-order valence-corrected chi connectivity index (χ4v) is 3.16. The van der Waals surface area contributed by atoms with E-state index in [1.807, 2.05) is 43.0 Å². The maximum atomic E-state index is 12.4. The monoisotopic (exact) mass is 384 g/mol. The Morgan fingerprint density at radius 3 is 2.36 bits per heavy atom. The van der Waals surface area contributed by atoms with Crippen molar-refractivity contribution in [1.82, 2.24) is 10.2 Å². The first-order chi connectivity index (χ1) is 11.8. The van der Waals surface area contributed by atoms with E-state index in [0.29, 0.717) is 36.8 Å². The quantitative estimate of drug-likeness (QED) is 0.760. The third-order valence-electron chi connectivity index (χ3n) is 4.61. The molecule has 0 saturated carbocycles. The number of carbonyl (C=O) groups is 2. The van der Waals surface area contributed by atoms with Gasteiger partial charge in [-0.3, -0.25) is 9.59 Å². The standard InChI is InChI=1S/C19H26Cl2N2O2/c1-19(2,13-20)18(25)23-11-9-16(10-12-23)22-17(24)8-5-14-3-6-15(21)7-4-14/h3-4,6-7,16H,5,8-13H2,1-2H3,(H,22,24). The first-order valence-corrected chi connectivity index (χ1v) is 9.62. The summed E-state index contributed by atoms with van der Waals surface area (Å²) in [5, 5.41) is 3.78. The van der Waals surface area contributed by atoms with Crippen LogP contribution in [-0.2, 0) is 16.0 Å². The highest BCUT2D eigenvalue weighted by molar-refractivity contribution is 6.30. The van der Waals surface area contributed by atoms with Crippen LogP contribution in [-0.4, -0.2) is 41.7 Å². The highest BCUT2D eigenvalue weighted by atomic mass is 35.5. The van der Waals surface area contributed by atoms with Gasteiger partial charge >= 0.3 is 0 Å². The molecule has 1 aromatic carbocycles. The average molecular weight is 385 g/mol. The van der Waals surface area contributed by atoms with Crippen molar-refractivity contribution in [2.45, 2.75) is 45.6 Å². The number of carbonyl (C=O) groups excluding carboxylic acids is 2. The number of amides is 2. The van der Waals surface area contributed by atoms with Crippen LogP contribution in [0.25, 0.3) is 0 Å². The molecule has 0 aliphatic carbocycles. The molecule has 1 aliphatic heterocycles. The number of nitrogens with one attached hydrogen (secondary N) is 1. The third kappa shape index (κ3) is 5.89. The summed E-state index contributed by atoms with van der Waals surface area (Å²) in [6.45, 7) is 5.07. The fourth-order valence-electron chi connectivity index (χ4n) is 2.92. The van der Waals surface area contributed by atoms with Gasteiger partial charge in [0.25, 0.3) is 0 Å². The van der Waals surface area contributed by atoms with Gasteiger partial charge in [0, 0.05) is 36.5 Å². The van der Waals surface area contributed by atoms with Crippen molar-refractivity contribution in [1.29, 1.82) is 0 Å². The van der Waals surface area contributed by atoms with Crippen molar-refractivity contribution in [2.75, 3.05) is 19.0 Å². The SMILES string of the molecule is CC(C)(CCl)C(=O)N1CCC(NC(=O)CCc2ccc(Cl)cc2)CC1. The van der Waals surface area contributed by atoms with Gasteiger partial charge in [-0.1, -0.05) is 23.7 Å². The molecule has 0 atom stereocenters. The van der Waals surface area contributed by atoms with Crippen molar-refractivity contribution >= 4 is 35.0 Å². The Kier molecular flexibility index (Phi) is 7.14. The van der Waals surface area contributed by atoms with Crippen LogP contribution < -0.4 is 5.32 Å². The van der Waals surface area contributed by atoms with Gasteiger partial charge < -0.3 is 10.2 Å². The molecule has 1 N–H and O–H groups in total. The second-order valence-electron chi connectivity index (χ2n) is 7.28. The first kappa shape index (κ1) is 20.1. The first-order valence-electron chi connectivity index (χ1n) is 8.71. The number of benzene rings is 1. The maximum absolute atomic E-state index is 12.4. The van der Waals surface area contributed by atoms with E-state index >= 15 is 0 Å². The van der Waals surface area contributed by atoms with Crippen LogP contribution in [0.3, 0.4) is 0 Å². The predicted octanol–water partition coefficient (Wildman–Crippen LogP) is 3.64. The normalized spacial score (nSPS) is 15.9. The molecule has 1 fully saturated rings. The van der Waals surface area contributed by atoms with E-state index in [0.717, 1.165) is 18.4 Å². The maximum Gasteiger partial charge on any atom is 0.229 e. The van der Waals surface area contributed by atoms with E-state index in [1.54, 1.807) is 0 Å². The molecule has 2 amide bonds. The van der Waals surface area contributed by atoms with Crippen molar-refractivity contribution in [3.63, 3.8) is 0 Å². The van der Waals surface area contributed by atoms with Crippen LogP contribution >= 0.6 is 23.2 Å². The van der Waals surface area contributed by atoms with E-state index in [-0.39, 0.29) is 17.9 Å². The molecule has 6 heteroatoms. The Bertz CT molecular complexity index is 594. The van der Waals surface area contributed by atoms with Gasteiger partial charge in [0.05, 0.1) is 5.41 Å². The van der Waals surface area contributed by atoms with Gasteiger partial charge in [0.2, 0.25) is 11.8 Å². The lowest BCUT2D eigenvalue weighted by Crippen LogP contribution is -2.50. The Balaban J connectivity index is 1.73. The Morgan fingerprint density at radius 2 is 1.80 bits per heavy atom. The lowest BCUT2D eigenvalue weighted by atomic mass is 9.92. The molecule has 0 aromatic heterocycles. The molecular weight excluding hydrogens is 359 g/mol. The number of hydrogen-bond donors (Lipinski definition) is 1. The summed E-state index contributed by atoms with van der Waals surface area (Å²) in [5.41, 5.74) is 0.569. The number of nitrogens with zero attached hydrogens (tertiary/aromatic N) is 1. The zero-order valence-electron chi connectivity index (χ0n) is 14.9. The predicted molar refractivity (Wildman–Crippen MR) is 102 cm³/mol. The lowest BCUT2D eigenvalue weighted by molar-refractivity contribution is -0.140. The summed E-state index contributed by atoms with van der Waals surface area (Å²) < 4.78 is 0. The van der Waals surface area contributed by atoms with Crippen LogP contribution in [0.2, 0.25) is 5.02 Å². The van der Waals surface area contributed by atoms with Crippen LogP contribution in [0.5, 0.6) is 0 Å². The number of likely N-dealkylation sites (tertiary alicyclic amines) is 1. The molecule has 1 saturated heterocycles. The highest BCUT2D eigenvalue weighted by Crippen LogP contribution is 2.23. The minimum absolute atomic E-state index is 0.0563. The van der Waals surface area contributed by atoms with Crippen molar-refractivity contribution in [3.05, 3.63) is 34.9 Å². The van der Waals surface area contributed by atoms with Gasteiger partial charge in [0.1, 0.15) is 0 Å². The number of alkyl halides is 1. The number of aryl methyl sites for hydroxylation is 1. The van der Waals surface area contributed by atoms with Crippen LogP contribution in [0.4, 0.5) is 0 Å². The zero-order chi connectivity index (χ0) is 18.4. The molecule has 1 aliphatic rings. The lowest BCUT2D eigenvalue weighted by Gasteiger charge is -2.36. The molecule has 0 bridgehead atoms. The Hall–Kier alpha value is -1.26. The molecule has 2 rings (SSSR count). The summed E-state index contributed by atoms with van der Waals surface area (Å²) in [7, 11) is 0. The summed E-state index contributed by atoms with van der Waals surface area (Å²) in [6, 6.07) is 7.70. The molecule has 25 heavy (non-hydrogen) atoms. The number of piperidine rings is 1. The second-order valence-corrected chi connectivity index (χ2v) is 7.98. The average Bonchev–Trinajstić information content (AvgIpc) is 2.61. The van der Waals surface area contributed by atoms with Gasteiger partial charge in [-0.25, -0.2) is 0 Å². The van der Waals surface area contributed by atoms with E-state index in [4.69, 9.17) is 23.2 Å². The number of hydrogen-bond acceptors (Lipinski definition) is 2. The van der Waals surface area contributed by atoms with Gasteiger partial charge in [0.15, 0.2) is 0 Å². The zero-order valence-corrected chi connectivity index (χ0v) is 16.4. The van der Waals surface area contributed by atoms with Crippen LogP contribution in [0.15, 0.2) is 24.3 Å². The summed E-state index contributed by atoms with van der Waals surface area (Å²) in [5.74, 6) is 0.462. The van der Waals surface area contributed by atoms with Gasteiger partial charge in [-0.15, -0.1) is 11.6 Å². The molecule has 0 spiro atoms. The molecule has 1 heterocycles. The highest BCUT2D eigenvalue weighted by Gasteiger charge is 2.33. The summed E-state index contributed by atoms with van der Waals surface area (Å²) in [6.07, 6.45) is 2.73. The van der Waals surface area contributed by atoms with Crippen LogP contribution in [0.1, 0.15) is 38.7 Å². The van der Waals surface area contributed by atoms with Gasteiger partial charge in [-0.2, -0.15) is 0 Å². The van der Waals surface area contributed by atoms with E-state index in [1.165, 1.54) is 0 Å². The molecule has 0 unspecified atom stereocenters. The molecule has 1 aromatic rings.